The van der Waals surface area contributed by atoms with E-state index < -0.39 is 10.0 Å². The van der Waals surface area contributed by atoms with Gasteiger partial charge in [-0.2, -0.15) is 4.31 Å². The fraction of sp³-hybridized carbons (Fsp3) is 0.562. The van der Waals surface area contributed by atoms with Crippen molar-refractivity contribution in [3.05, 3.63) is 29.3 Å². The molecule has 1 heterocycles. The molecule has 6 nitrogen and oxygen atoms in total. The number of nitrogens with zero attached hydrogens (tertiary/aromatic N) is 1. The van der Waals surface area contributed by atoms with E-state index in [1.54, 1.807) is 18.2 Å². The smallest absolute Gasteiger partial charge is 0.275 e. The third-order valence-electron chi connectivity index (χ3n) is 4.00. The number of quaternary nitrogens is 1. The van der Waals surface area contributed by atoms with Gasteiger partial charge in [0.1, 0.15) is 4.90 Å². The van der Waals surface area contributed by atoms with E-state index in [4.69, 9.17) is 11.6 Å². The highest BCUT2D eigenvalue weighted by Crippen LogP contribution is 2.23. The first-order chi connectivity index (χ1) is 11.3. The van der Waals surface area contributed by atoms with E-state index in [9.17, 15) is 13.2 Å². The molecule has 1 aromatic rings. The molecule has 0 bridgehead atoms. The molecule has 2 N–H and O–H groups in total. The molecule has 2 rings (SSSR count). The average Bonchev–Trinajstić information content (AvgIpc) is 2.53. The van der Waals surface area contributed by atoms with E-state index in [0.717, 1.165) is 4.90 Å². The van der Waals surface area contributed by atoms with Gasteiger partial charge in [-0.05, 0) is 18.1 Å². The summed E-state index contributed by atoms with van der Waals surface area (Å²) in [5.74, 6) is 0.433. The Kier molecular flexibility index (Phi) is 6.62. The van der Waals surface area contributed by atoms with E-state index >= 15 is 0 Å². The Hall–Kier alpha value is -1.15. The molecule has 1 aliphatic rings. The molecule has 0 aliphatic carbocycles. The lowest BCUT2D eigenvalue weighted by atomic mass is 10.2. The molecular weight excluding hydrogens is 350 g/mol. The maximum atomic E-state index is 12.7. The van der Waals surface area contributed by atoms with E-state index in [2.05, 4.69) is 5.32 Å². The van der Waals surface area contributed by atoms with Crippen molar-refractivity contribution in [2.24, 2.45) is 5.92 Å². The van der Waals surface area contributed by atoms with Crippen molar-refractivity contribution in [3.8, 4) is 0 Å². The summed E-state index contributed by atoms with van der Waals surface area (Å²) >= 11 is 6.02. The molecule has 0 saturated carbocycles. The number of rotatable bonds is 6. The summed E-state index contributed by atoms with van der Waals surface area (Å²) in [6, 6.07) is 6.48. The zero-order valence-corrected chi connectivity index (χ0v) is 15.7. The van der Waals surface area contributed by atoms with Crippen molar-refractivity contribution >= 4 is 27.5 Å². The Morgan fingerprint density at radius 1 is 1.29 bits per heavy atom. The van der Waals surface area contributed by atoms with Gasteiger partial charge in [0.25, 0.3) is 5.91 Å². The Morgan fingerprint density at radius 2 is 1.92 bits per heavy atom. The normalized spacial score (nSPS) is 17.2. The lowest BCUT2D eigenvalue weighted by Gasteiger charge is -2.31. The van der Waals surface area contributed by atoms with Crippen LogP contribution in [0.1, 0.15) is 13.8 Å². The molecule has 1 fully saturated rings. The molecule has 1 aliphatic heterocycles. The second-order valence-electron chi connectivity index (χ2n) is 6.46. The van der Waals surface area contributed by atoms with Crippen molar-refractivity contribution in [2.45, 2.75) is 18.7 Å². The number of nitrogens with one attached hydrogen (secondary N) is 2. The summed E-state index contributed by atoms with van der Waals surface area (Å²) in [4.78, 5) is 13.1. The van der Waals surface area contributed by atoms with Gasteiger partial charge in [-0.15, -0.1) is 0 Å². The lowest BCUT2D eigenvalue weighted by molar-refractivity contribution is -0.895. The number of hydrogen-bond acceptors (Lipinski definition) is 3. The molecule has 0 spiro atoms. The minimum Gasteiger partial charge on any atom is -0.351 e. The number of carbonyl (C=O) groups excluding carboxylic acids is 1. The summed E-state index contributed by atoms with van der Waals surface area (Å²) in [5.41, 5.74) is 0. The Labute approximate surface area is 148 Å². The van der Waals surface area contributed by atoms with Crippen molar-refractivity contribution in [2.75, 3.05) is 39.3 Å². The molecule has 0 atom stereocenters. The van der Waals surface area contributed by atoms with Gasteiger partial charge in [-0.25, -0.2) is 8.42 Å². The minimum atomic E-state index is -3.58. The predicted molar refractivity (Wildman–Crippen MR) is 93.6 cm³/mol. The zero-order valence-electron chi connectivity index (χ0n) is 14.1. The number of carbonyl (C=O) groups is 1. The van der Waals surface area contributed by atoms with Crippen molar-refractivity contribution < 1.29 is 18.1 Å². The monoisotopic (exact) mass is 374 g/mol. The van der Waals surface area contributed by atoms with E-state index in [1.807, 2.05) is 13.8 Å². The SMILES string of the molecule is CC(C)CNC(=O)C[NH+]1CCN(S(=O)(=O)c2ccccc2Cl)CC1. The molecular formula is C16H25ClN3O3S+. The second kappa shape index (κ2) is 8.29. The van der Waals surface area contributed by atoms with Crippen LogP contribution in [-0.4, -0.2) is 57.9 Å². The van der Waals surface area contributed by atoms with Gasteiger partial charge in [-0.3, -0.25) is 4.79 Å². The van der Waals surface area contributed by atoms with E-state index in [-0.39, 0.29) is 15.8 Å². The number of benzene rings is 1. The molecule has 134 valence electrons. The zero-order chi connectivity index (χ0) is 17.7. The van der Waals surface area contributed by atoms with Gasteiger partial charge < -0.3 is 10.2 Å². The number of hydrogen-bond donors (Lipinski definition) is 2. The van der Waals surface area contributed by atoms with Gasteiger partial charge in [0.2, 0.25) is 10.0 Å². The van der Waals surface area contributed by atoms with Gasteiger partial charge >= 0.3 is 0 Å². The van der Waals surface area contributed by atoms with Gasteiger partial charge in [-0.1, -0.05) is 37.6 Å². The number of amides is 1. The van der Waals surface area contributed by atoms with Gasteiger partial charge in [0, 0.05) is 6.54 Å². The summed E-state index contributed by atoms with van der Waals surface area (Å²) in [6.07, 6.45) is 0. The summed E-state index contributed by atoms with van der Waals surface area (Å²) in [6.45, 7) is 7.14. The van der Waals surface area contributed by atoms with Crippen molar-refractivity contribution in [1.29, 1.82) is 0 Å². The second-order valence-corrected chi connectivity index (χ2v) is 8.77. The summed E-state index contributed by atoms with van der Waals surface area (Å²) < 4.78 is 26.8. The van der Waals surface area contributed by atoms with E-state index in [1.165, 1.54) is 10.4 Å². The third kappa shape index (κ3) is 4.92. The maximum absolute atomic E-state index is 12.7. The minimum absolute atomic E-state index is 0.0149. The Morgan fingerprint density at radius 3 is 2.50 bits per heavy atom. The van der Waals surface area contributed by atoms with Crippen LogP contribution >= 0.6 is 11.6 Å². The molecule has 1 aromatic carbocycles. The first-order valence-electron chi connectivity index (χ1n) is 8.15. The van der Waals surface area contributed by atoms with Crippen LogP contribution in [0.5, 0.6) is 0 Å². The largest absolute Gasteiger partial charge is 0.351 e. The Balaban J connectivity index is 1.91. The van der Waals surface area contributed by atoms with Crippen LogP contribution in [0.15, 0.2) is 29.2 Å². The average molecular weight is 375 g/mol. The molecule has 0 radical (unpaired) electrons. The fourth-order valence-corrected chi connectivity index (χ4v) is 4.55. The number of halogens is 1. The van der Waals surface area contributed by atoms with Gasteiger partial charge in [0.05, 0.1) is 31.2 Å². The quantitative estimate of drug-likeness (QED) is 0.736. The van der Waals surface area contributed by atoms with Crippen LogP contribution in [0, 0.1) is 5.92 Å². The summed E-state index contributed by atoms with van der Waals surface area (Å²) in [5, 5.41) is 3.13. The van der Waals surface area contributed by atoms with Crippen LogP contribution in [-0.2, 0) is 14.8 Å². The number of sulfonamides is 1. The maximum Gasteiger partial charge on any atom is 0.275 e. The van der Waals surface area contributed by atoms with Gasteiger partial charge in [0.15, 0.2) is 6.54 Å². The van der Waals surface area contributed by atoms with Crippen LogP contribution in [0.25, 0.3) is 0 Å². The fourth-order valence-electron chi connectivity index (χ4n) is 2.62. The van der Waals surface area contributed by atoms with Crippen LogP contribution in [0.4, 0.5) is 0 Å². The van der Waals surface area contributed by atoms with Crippen LogP contribution in [0.3, 0.4) is 0 Å². The molecule has 1 saturated heterocycles. The van der Waals surface area contributed by atoms with Crippen LogP contribution in [0.2, 0.25) is 5.02 Å². The molecule has 0 aromatic heterocycles. The predicted octanol–water partition coefficient (Wildman–Crippen LogP) is 0.00140. The molecule has 0 unspecified atom stereocenters. The highest BCUT2D eigenvalue weighted by Gasteiger charge is 2.32. The van der Waals surface area contributed by atoms with Crippen molar-refractivity contribution in [3.63, 3.8) is 0 Å². The van der Waals surface area contributed by atoms with Crippen LogP contribution < -0.4 is 10.2 Å². The molecule has 1 amide bonds. The first-order valence-corrected chi connectivity index (χ1v) is 9.97. The topological polar surface area (TPSA) is 70.9 Å². The Bertz CT molecular complexity index is 671. The van der Waals surface area contributed by atoms with Crippen molar-refractivity contribution in [1.82, 2.24) is 9.62 Å². The molecule has 8 heteroatoms. The highest BCUT2D eigenvalue weighted by molar-refractivity contribution is 7.89. The lowest BCUT2D eigenvalue weighted by Crippen LogP contribution is -3.15. The molecule has 24 heavy (non-hydrogen) atoms. The third-order valence-corrected chi connectivity index (χ3v) is 6.40. The first kappa shape index (κ1) is 19.2. The summed E-state index contributed by atoms with van der Waals surface area (Å²) in [7, 11) is -3.58. The number of piperazine rings is 1. The van der Waals surface area contributed by atoms with E-state index in [0.29, 0.717) is 45.2 Å². The highest BCUT2D eigenvalue weighted by atomic mass is 35.5. The standard InChI is InChI=1S/C16H24ClN3O3S/c1-13(2)11-18-16(21)12-19-7-9-20(10-8-19)24(22,23)15-6-4-3-5-14(15)17/h3-6,13H,7-12H2,1-2H3,(H,18,21)/p+1.